The Morgan fingerprint density at radius 2 is 1.72 bits per heavy atom. The van der Waals surface area contributed by atoms with Crippen LogP contribution in [-0.2, 0) is 9.47 Å². The molecule has 0 aliphatic carbocycles. The van der Waals surface area contributed by atoms with Crippen LogP contribution in [0.25, 0.3) is 0 Å². The summed E-state index contributed by atoms with van der Waals surface area (Å²) in [5.41, 5.74) is -0.977. The number of carbonyl (C=O) groups is 2. The van der Waals surface area contributed by atoms with Crippen molar-refractivity contribution in [1.82, 2.24) is 20.9 Å². The van der Waals surface area contributed by atoms with E-state index < -0.39 is 17.2 Å². The highest BCUT2D eigenvalue weighted by Gasteiger charge is 2.31. The lowest BCUT2D eigenvalue weighted by molar-refractivity contribution is 0.0448. The standard InChI is InChI=1S/C20H39N5O4/c1-8-20(9-2,24-17(26)29-19(3,4)5)14-22-16(21-6)23-15-10-12-25(13-11-15)18(27)28-7/h15H,8-14H2,1-7H3,(H,24,26)(H2,21,22,23). The molecule has 9 heteroatoms. The van der Waals surface area contributed by atoms with Gasteiger partial charge in [-0.15, -0.1) is 0 Å². The van der Waals surface area contributed by atoms with Crippen LogP contribution in [0.3, 0.4) is 0 Å². The van der Waals surface area contributed by atoms with E-state index in [1.807, 2.05) is 34.6 Å². The molecule has 1 rings (SSSR count). The number of nitrogens with zero attached hydrogens (tertiary/aromatic N) is 2. The lowest BCUT2D eigenvalue weighted by Gasteiger charge is -2.35. The maximum Gasteiger partial charge on any atom is 0.409 e. The predicted molar refractivity (Wildman–Crippen MR) is 114 cm³/mol. The fourth-order valence-electron chi connectivity index (χ4n) is 3.22. The van der Waals surface area contributed by atoms with Crippen LogP contribution in [0.4, 0.5) is 9.59 Å². The first-order valence-electron chi connectivity index (χ1n) is 10.4. The molecule has 1 saturated heterocycles. The number of piperidine rings is 1. The van der Waals surface area contributed by atoms with E-state index >= 15 is 0 Å². The van der Waals surface area contributed by atoms with Gasteiger partial charge < -0.3 is 30.3 Å². The van der Waals surface area contributed by atoms with E-state index in [1.165, 1.54) is 7.11 Å². The van der Waals surface area contributed by atoms with Crippen LogP contribution in [0.1, 0.15) is 60.3 Å². The number of rotatable bonds is 6. The maximum atomic E-state index is 12.3. The first-order chi connectivity index (χ1) is 13.6. The molecule has 1 fully saturated rings. The van der Waals surface area contributed by atoms with Gasteiger partial charge in [-0.3, -0.25) is 4.99 Å². The van der Waals surface area contributed by atoms with E-state index in [0.29, 0.717) is 25.6 Å². The average molecular weight is 414 g/mol. The van der Waals surface area contributed by atoms with Gasteiger partial charge in [0, 0.05) is 32.7 Å². The fraction of sp³-hybridized carbons (Fsp3) is 0.850. The van der Waals surface area contributed by atoms with Gasteiger partial charge >= 0.3 is 12.2 Å². The van der Waals surface area contributed by atoms with E-state index in [2.05, 4.69) is 20.9 Å². The van der Waals surface area contributed by atoms with Crippen LogP contribution in [0.5, 0.6) is 0 Å². The Morgan fingerprint density at radius 3 is 2.17 bits per heavy atom. The molecule has 0 unspecified atom stereocenters. The Hall–Kier alpha value is -2.19. The average Bonchev–Trinajstić information content (AvgIpc) is 2.68. The van der Waals surface area contributed by atoms with Crippen LogP contribution in [0, 0.1) is 0 Å². The number of guanidine groups is 1. The van der Waals surface area contributed by atoms with Gasteiger partial charge in [-0.05, 0) is 46.5 Å². The van der Waals surface area contributed by atoms with E-state index in [1.54, 1.807) is 11.9 Å². The molecule has 0 radical (unpaired) electrons. The first-order valence-corrected chi connectivity index (χ1v) is 10.4. The van der Waals surface area contributed by atoms with Crippen molar-refractivity contribution >= 4 is 18.1 Å². The smallest absolute Gasteiger partial charge is 0.409 e. The van der Waals surface area contributed by atoms with Gasteiger partial charge in [-0.1, -0.05) is 13.8 Å². The van der Waals surface area contributed by atoms with Gasteiger partial charge in [-0.2, -0.15) is 0 Å². The molecule has 1 heterocycles. The van der Waals surface area contributed by atoms with Crippen molar-refractivity contribution in [3.63, 3.8) is 0 Å². The van der Waals surface area contributed by atoms with Gasteiger partial charge in [0.2, 0.25) is 0 Å². The zero-order chi connectivity index (χ0) is 22.1. The highest BCUT2D eigenvalue weighted by atomic mass is 16.6. The first kappa shape index (κ1) is 24.8. The van der Waals surface area contributed by atoms with Crippen LogP contribution in [-0.4, -0.2) is 74.0 Å². The highest BCUT2D eigenvalue weighted by Crippen LogP contribution is 2.16. The monoisotopic (exact) mass is 413 g/mol. The molecule has 168 valence electrons. The summed E-state index contributed by atoms with van der Waals surface area (Å²) in [6.07, 6.45) is 2.45. The third-order valence-electron chi connectivity index (χ3n) is 5.21. The molecular formula is C20H39N5O4. The molecule has 29 heavy (non-hydrogen) atoms. The number of carbonyl (C=O) groups excluding carboxylic acids is 2. The third kappa shape index (κ3) is 8.37. The van der Waals surface area contributed by atoms with E-state index in [0.717, 1.165) is 25.7 Å². The summed E-state index contributed by atoms with van der Waals surface area (Å²) in [6, 6.07) is 0.221. The molecule has 0 aromatic heterocycles. The van der Waals surface area contributed by atoms with Gasteiger partial charge in [0.15, 0.2) is 5.96 Å². The molecule has 9 nitrogen and oxygen atoms in total. The van der Waals surface area contributed by atoms with Crippen LogP contribution in [0.15, 0.2) is 4.99 Å². The minimum absolute atomic E-state index is 0.221. The third-order valence-corrected chi connectivity index (χ3v) is 5.21. The quantitative estimate of drug-likeness (QED) is 0.456. The van der Waals surface area contributed by atoms with Gasteiger partial charge in [0.05, 0.1) is 12.6 Å². The lowest BCUT2D eigenvalue weighted by atomic mass is 9.93. The topological polar surface area (TPSA) is 104 Å². The van der Waals surface area contributed by atoms with Gasteiger partial charge in [-0.25, -0.2) is 9.59 Å². The number of hydrogen-bond donors (Lipinski definition) is 3. The normalized spacial score (nSPS) is 16.2. The van der Waals surface area contributed by atoms with Crippen molar-refractivity contribution in [2.24, 2.45) is 4.99 Å². The molecule has 2 amide bonds. The second-order valence-electron chi connectivity index (χ2n) is 8.42. The van der Waals surface area contributed by atoms with Crippen LogP contribution >= 0.6 is 0 Å². The Bertz CT molecular complexity index is 562. The van der Waals surface area contributed by atoms with Crippen molar-refractivity contribution in [2.45, 2.75) is 77.5 Å². The number of amides is 2. The summed E-state index contributed by atoms with van der Waals surface area (Å²) in [4.78, 5) is 29.9. The van der Waals surface area contributed by atoms with Crippen molar-refractivity contribution < 1.29 is 19.1 Å². The number of ether oxygens (including phenoxy) is 2. The summed E-state index contributed by atoms with van der Waals surface area (Å²) in [5, 5.41) is 9.78. The van der Waals surface area contributed by atoms with Crippen molar-refractivity contribution in [1.29, 1.82) is 0 Å². The SMILES string of the molecule is CCC(CC)(CNC(=NC)NC1CCN(C(=O)OC)CC1)NC(=O)OC(C)(C)C. The fourth-order valence-corrected chi connectivity index (χ4v) is 3.22. The molecule has 0 aromatic rings. The molecule has 1 aliphatic rings. The number of aliphatic imine (C=N–C) groups is 1. The summed E-state index contributed by atoms with van der Waals surface area (Å²) in [5.74, 6) is 0.679. The second-order valence-corrected chi connectivity index (χ2v) is 8.42. The number of alkyl carbamates (subject to hydrolysis) is 1. The van der Waals surface area contributed by atoms with E-state index in [-0.39, 0.29) is 12.1 Å². The zero-order valence-electron chi connectivity index (χ0n) is 19.1. The second kappa shape index (κ2) is 11.1. The Morgan fingerprint density at radius 1 is 1.14 bits per heavy atom. The number of hydrogen-bond acceptors (Lipinski definition) is 5. The van der Waals surface area contributed by atoms with Crippen LogP contribution < -0.4 is 16.0 Å². The molecule has 0 spiro atoms. The molecule has 0 saturated carbocycles. The zero-order valence-corrected chi connectivity index (χ0v) is 19.1. The van der Waals surface area contributed by atoms with Crippen LogP contribution in [0.2, 0.25) is 0 Å². The number of methoxy groups -OCH3 is 1. The van der Waals surface area contributed by atoms with E-state index in [9.17, 15) is 9.59 Å². The molecule has 0 aromatic carbocycles. The molecular weight excluding hydrogens is 374 g/mol. The summed E-state index contributed by atoms with van der Waals surface area (Å²) >= 11 is 0. The Labute approximate surface area is 175 Å². The predicted octanol–water partition coefficient (Wildman–Crippen LogP) is 2.47. The summed E-state index contributed by atoms with van der Waals surface area (Å²) in [7, 11) is 3.12. The number of likely N-dealkylation sites (tertiary alicyclic amines) is 1. The lowest BCUT2D eigenvalue weighted by Crippen LogP contribution is -2.58. The molecule has 1 aliphatic heterocycles. The van der Waals surface area contributed by atoms with Crippen molar-refractivity contribution in [3.8, 4) is 0 Å². The summed E-state index contributed by atoms with van der Waals surface area (Å²) < 4.78 is 10.2. The van der Waals surface area contributed by atoms with Gasteiger partial charge in [0.25, 0.3) is 0 Å². The molecule has 3 N–H and O–H groups in total. The molecule has 0 bridgehead atoms. The number of nitrogens with one attached hydrogen (secondary N) is 3. The maximum absolute atomic E-state index is 12.3. The summed E-state index contributed by atoms with van der Waals surface area (Å²) in [6.45, 7) is 11.5. The minimum atomic E-state index is -0.540. The highest BCUT2D eigenvalue weighted by molar-refractivity contribution is 5.80. The Balaban J connectivity index is 2.59. The van der Waals surface area contributed by atoms with Crippen molar-refractivity contribution in [2.75, 3.05) is 33.8 Å². The molecule has 0 atom stereocenters. The van der Waals surface area contributed by atoms with Crippen molar-refractivity contribution in [3.05, 3.63) is 0 Å². The Kier molecular flexibility index (Phi) is 9.52. The van der Waals surface area contributed by atoms with E-state index in [4.69, 9.17) is 9.47 Å². The minimum Gasteiger partial charge on any atom is -0.453 e. The largest absolute Gasteiger partial charge is 0.453 e. The van der Waals surface area contributed by atoms with Gasteiger partial charge in [0.1, 0.15) is 5.60 Å².